The van der Waals surface area contributed by atoms with Gasteiger partial charge in [0.05, 0.1) is 5.41 Å². The Hall–Kier alpha value is -1.10. The summed E-state index contributed by atoms with van der Waals surface area (Å²) >= 11 is 0. The fourth-order valence-corrected chi connectivity index (χ4v) is 3.13. The van der Waals surface area contributed by atoms with E-state index in [4.69, 9.17) is 0 Å². The first-order valence-corrected chi connectivity index (χ1v) is 7.07. The summed E-state index contributed by atoms with van der Waals surface area (Å²) in [5, 5.41) is 3.30. The van der Waals surface area contributed by atoms with Gasteiger partial charge in [-0.1, -0.05) is 0 Å². The molecule has 2 aliphatic heterocycles. The van der Waals surface area contributed by atoms with E-state index >= 15 is 0 Å². The second-order valence-corrected chi connectivity index (χ2v) is 6.58. The van der Waals surface area contributed by atoms with E-state index < -0.39 is 5.54 Å². The van der Waals surface area contributed by atoms with Crippen LogP contribution in [0.15, 0.2) is 0 Å². The Bertz CT molecular complexity index is 386. The van der Waals surface area contributed by atoms with Crippen molar-refractivity contribution < 1.29 is 9.59 Å². The molecule has 1 unspecified atom stereocenters. The molecule has 2 amide bonds. The minimum atomic E-state index is -0.732. The van der Waals surface area contributed by atoms with Gasteiger partial charge in [-0.25, -0.2) is 0 Å². The zero-order valence-corrected chi connectivity index (χ0v) is 12.5. The van der Waals surface area contributed by atoms with Crippen LogP contribution in [0.4, 0.5) is 0 Å². The molecular weight excluding hydrogens is 242 g/mol. The zero-order valence-electron chi connectivity index (χ0n) is 12.5. The maximum Gasteiger partial charge on any atom is 0.247 e. The van der Waals surface area contributed by atoms with Crippen molar-refractivity contribution in [3.8, 4) is 0 Å². The molecule has 1 atom stereocenters. The highest BCUT2D eigenvalue weighted by Crippen LogP contribution is 2.32. The molecule has 19 heavy (non-hydrogen) atoms. The molecule has 108 valence electrons. The Labute approximate surface area is 115 Å². The molecule has 5 heteroatoms. The number of carbonyl (C=O) groups is 2. The molecular formula is C14H25N3O2. The van der Waals surface area contributed by atoms with Crippen LogP contribution in [0.3, 0.4) is 0 Å². The fourth-order valence-electron chi connectivity index (χ4n) is 3.13. The van der Waals surface area contributed by atoms with Crippen LogP contribution in [-0.4, -0.2) is 60.4 Å². The Morgan fingerprint density at radius 3 is 2.53 bits per heavy atom. The Morgan fingerprint density at radius 1 is 1.26 bits per heavy atom. The summed E-state index contributed by atoms with van der Waals surface area (Å²) in [7, 11) is 1.80. The van der Waals surface area contributed by atoms with Gasteiger partial charge < -0.3 is 15.1 Å². The predicted molar refractivity (Wildman–Crippen MR) is 73.6 cm³/mol. The summed E-state index contributed by atoms with van der Waals surface area (Å²) in [5.41, 5.74) is -1.10. The smallest absolute Gasteiger partial charge is 0.247 e. The molecule has 0 radical (unpaired) electrons. The summed E-state index contributed by atoms with van der Waals surface area (Å²) in [4.78, 5) is 28.6. The highest BCUT2D eigenvalue weighted by molar-refractivity contribution is 5.93. The number of rotatable bonds is 1. The second-order valence-electron chi connectivity index (χ2n) is 6.58. The highest BCUT2D eigenvalue weighted by Gasteiger charge is 2.48. The number of carbonyl (C=O) groups excluding carboxylic acids is 2. The highest BCUT2D eigenvalue weighted by atomic mass is 16.2. The van der Waals surface area contributed by atoms with Crippen molar-refractivity contribution >= 4 is 11.8 Å². The van der Waals surface area contributed by atoms with E-state index in [0.29, 0.717) is 19.6 Å². The SMILES string of the molecule is CN1CCN(C(=O)C2(C)CCCNC2)C(C)(C)C1=O. The molecule has 2 fully saturated rings. The molecule has 0 aromatic rings. The Kier molecular flexibility index (Phi) is 3.60. The van der Waals surface area contributed by atoms with Gasteiger partial charge >= 0.3 is 0 Å². The van der Waals surface area contributed by atoms with Crippen molar-refractivity contribution in [2.45, 2.75) is 39.2 Å². The van der Waals surface area contributed by atoms with Gasteiger partial charge in [0, 0.05) is 26.7 Å². The van der Waals surface area contributed by atoms with Crippen LogP contribution < -0.4 is 5.32 Å². The van der Waals surface area contributed by atoms with E-state index in [1.807, 2.05) is 20.8 Å². The van der Waals surface area contributed by atoms with E-state index in [9.17, 15) is 9.59 Å². The summed E-state index contributed by atoms with van der Waals surface area (Å²) in [5.74, 6) is 0.144. The van der Waals surface area contributed by atoms with Crippen molar-refractivity contribution in [1.82, 2.24) is 15.1 Å². The van der Waals surface area contributed by atoms with Crippen molar-refractivity contribution in [1.29, 1.82) is 0 Å². The Balaban J connectivity index is 2.21. The molecule has 0 aliphatic carbocycles. The van der Waals surface area contributed by atoms with Crippen LogP contribution in [0.5, 0.6) is 0 Å². The molecule has 0 aromatic heterocycles. The van der Waals surface area contributed by atoms with Gasteiger partial charge in [-0.3, -0.25) is 9.59 Å². The summed E-state index contributed by atoms with van der Waals surface area (Å²) in [6.07, 6.45) is 1.92. The molecule has 2 aliphatic rings. The molecule has 2 saturated heterocycles. The molecule has 0 saturated carbocycles. The first kappa shape index (κ1) is 14.3. The minimum Gasteiger partial charge on any atom is -0.342 e. The first-order chi connectivity index (χ1) is 8.79. The molecule has 2 heterocycles. The number of piperidine rings is 1. The number of nitrogens with one attached hydrogen (secondary N) is 1. The van der Waals surface area contributed by atoms with E-state index in [1.54, 1.807) is 16.8 Å². The molecule has 5 nitrogen and oxygen atoms in total. The van der Waals surface area contributed by atoms with Gasteiger partial charge in [-0.15, -0.1) is 0 Å². The lowest BCUT2D eigenvalue weighted by atomic mass is 9.79. The number of likely N-dealkylation sites (N-methyl/N-ethyl adjacent to an activating group) is 1. The normalized spacial score (nSPS) is 31.5. The largest absolute Gasteiger partial charge is 0.342 e. The lowest BCUT2D eigenvalue weighted by molar-refractivity contribution is -0.163. The molecule has 1 N–H and O–H groups in total. The maximum atomic E-state index is 12.9. The van der Waals surface area contributed by atoms with E-state index in [-0.39, 0.29) is 17.2 Å². The summed E-state index contributed by atoms with van der Waals surface area (Å²) in [6.45, 7) is 8.66. The molecule has 0 bridgehead atoms. The van der Waals surface area contributed by atoms with Gasteiger partial charge in [0.25, 0.3) is 0 Å². The van der Waals surface area contributed by atoms with Gasteiger partial charge in [-0.2, -0.15) is 0 Å². The number of amides is 2. The summed E-state index contributed by atoms with van der Waals surface area (Å²) in [6, 6.07) is 0. The van der Waals surface area contributed by atoms with Crippen molar-refractivity contribution in [3.63, 3.8) is 0 Å². The minimum absolute atomic E-state index is 0.0273. The van der Waals surface area contributed by atoms with Gasteiger partial charge in [0.1, 0.15) is 5.54 Å². The van der Waals surface area contributed by atoms with Gasteiger partial charge in [-0.05, 0) is 40.2 Å². The summed E-state index contributed by atoms with van der Waals surface area (Å²) < 4.78 is 0. The topological polar surface area (TPSA) is 52.6 Å². The van der Waals surface area contributed by atoms with Crippen molar-refractivity contribution in [2.75, 3.05) is 33.2 Å². The third kappa shape index (κ3) is 2.36. The molecule has 0 aromatic carbocycles. The number of hydrogen-bond acceptors (Lipinski definition) is 3. The van der Waals surface area contributed by atoms with Crippen molar-refractivity contribution in [2.24, 2.45) is 5.41 Å². The van der Waals surface area contributed by atoms with E-state index in [0.717, 1.165) is 19.4 Å². The number of nitrogens with zero attached hydrogens (tertiary/aromatic N) is 2. The fraction of sp³-hybridized carbons (Fsp3) is 0.857. The number of hydrogen-bond donors (Lipinski definition) is 1. The lowest BCUT2D eigenvalue weighted by Crippen LogP contribution is -2.66. The van der Waals surface area contributed by atoms with Crippen LogP contribution in [-0.2, 0) is 9.59 Å². The van der Waals surface area contributed by atoms with Gasteiger partial charge in [0.15, 0.2) is 0 Å². The third-order valence-corrected chi connectivity index (χ3v) is 4.56. The van der Waals surface area contributed by atoms with Crippen LogP contribution in [0.2, 0.25) is 0 Å². The average molecular weight is 267 g/mol. The first-order valence-electron chi connectivity index (χ1n) is 7.07. The van der Waals surface area contributed by atoms with Crippen molar-refractivity contribution in [3.05, 3.63) is 0 Å². The van der Waals surface area contributed by atoms with Crippen LogP contribution in [0.1, 0.15) is 33.6 Å². The molecule has 2 rings (SSSR count). The van der Waals surface area contributed by atoms with Gasteiger partial charge in [0.2, 0.25) is 11.8 Å². The van der Waals surface area contributed by atoms with Crippen LogP contribution in [0.25, 0.3) is 0 Å². The maximum absolute atomic E-state index is 12.9. The number of piperazine rings is 1. The quantitative estimate of drug-likeness (QED) is 0.751. The standard InChI is InChI=1S/C14H25N3O2/c1-13(2)11(18)16(4)8-9-17(13)12(19)14(3)6-5-7-15-10-14/h15H,5-10H2,1-4H3. The zero-order chi connectivity index (χ0) is 14.3. The predicted octanol–water partition coefficient (Wildman–Crippen LogP) is 0.455. The average Bonchev–Trinajstić information content (AvgIpc) is 2.36. The van der Waals surface area contributed by atoms with E-state index in [2.05, 4.69) is 5.32 Å². The monoisotopic (exact) mass is 267 g/mol. The van der Waals surface area contributed by atoms with E-state index in [1.165, 1.54) is 0 Å². The second kappa shape index (κ2) is 4.78. The third-order valence-electron chi connectivity index (χ3n) is 4.56. The Morgan fingerprint density at radius 2 is 1.95 bits per heavy atom. The lowest BCUT2D eigenvalue weighted by Gasteiger charge is -2.48. The van der Waals surface area contributed by atoms with Crippen LogP contribution >= 0.6 is 0 Å². The molecule has 0 spiro atoms. The van der Waals surface area contributed by atoms with Crippen LogP contribution in [0, 0.1) is 5.41 Å².